The molecule has 130 valence electrons. The van der Waals surface area contributed by atoms with Crippen LogP contribution in [0.1, 0.15) is 34.5 Å². The van der Waals surface area contributed by atoms with E-state index in [1.165, 1.54) is 22.2 Å². The molecule has 5 nitrogen and oxygen atoms in total. The molecule has 0 aliphatic rings. The first-order chi connectivity index (χ1) is 11.8. The summed E-state index contributed by atoms with van der Waals surface area (Å²) in [5, 5.41) is 3.52. The van der Waals surface area contributed by atoms with Crippen LogP contribution in [0.3, 0.4) is 0 Å². The first kappa shape index (κ1) is 17.4. The van der Waals surface area contributed by atoms with Crippen LogP contribution in [-0.4, -0.2) is 15.5 Å². The molecule has 3 rings (SSSR count). The second-order valence-corrected chi connectivity index (χ2v) is 7.71. The van der Waals surface area contributed by atoms with E-state index in [4.69, 9.17) is 0 Å². The Balaban J connectivity index is 1.93. The number of hydrogen-bond donors (Lipinski definition) is 1. The maximum Gasteiger partial charge on any atom is 0.262 e. The topological polar surface area (TPSA) is 64.0 Å². The van der Waals surface area contributed by atoms with Crippen LogP contribution in [-0.2, 0) is 4.79 Å². The summed E-state index contributed by atoms with van der Waals surface area (Å²) in [5.41, 5.74) is 3.78. The van der Waals surface area contributed by atoms with Gasteiger partial charge in [0, 0.05) is 10.6 Å². The van der Waals surface area contributed by atoms with E-state index < -0.39 is 6.04 Å². The average molecular weight is 355 g/mol. The molecule has 0 saturated heterocycles. The van der Waals surface area contributed by atoms with E-state index >= 15 is 0 Å². The summed E-state index contributed by atoms with van der Waals surface area (Å²) in [6.45, 7) is 9.61. The van der Waals surface area contributed by atoms with Crippen molar-refractivity contribution in [1.29, 1.82) is 0 Å². The van der Waals surface area contributed by atoms with Gasteiger partial charge in [-0.2, -0.15) is 0 Å². The molecule has 2 heterocycles. The van der Waals surface area contributed by atoms with Crippen LogP contribution in [0.4, 0.5) is 5.69 Å². The van der Waals surface area contributed by atoms with Gasteiger partial charge in [0.15, 0.2) is 0 Å². The first-order valence-electron chi connectivity index (χ1n) is 8.14. The molecule has 0 bridgehead atoms. The Kier molecular flexibility index (Phi) is 4.47. The van der Waals surface area contributed by atoms with Crippen LogP contribution in [0, 0.1) is 27.7 Å². The number of anilines is 1. The number of thiophene rings is 1. The first-order valence-corrected chi connectivity index (χ1v) is 8.95. The zero-order chi connectivity index (χ0) is 18.3. The summed E-state index contributed by atoms with van der Waals surface area (Å²) in [4.78, 5) is 31.4. The summed E-state index contributed by atoms with van der Waals surface area (Å²) in [7, 11) is 0. The number of aryl methyl sites for hydroxylation is 4. The van der Waals surface area contributed by atoms with Crippen LogP contribution >= 0.6 is 11.3 Å². The number of hydrogen-bond acceptors (Lipinski definition) is 4. The number of rotatable bonds is 3. The molecule has 0 radical (unpaired) electrons. The number of carbonyl (C=O) groups is 1. The molecule has 1 atom stereocenters. The van der Waals surface area contributed by atoms with E-state index in [1.807, 2.05) is 45.9 Å². The Bertz CT molecular complexity index is 1010. The van der Waals surface area contributed by atoms with E-state index in [1.54, 1.807) is 6.92 Å². The lowest BCUT2D eigenvalue weighted by molar-refractivity contribution is -0.118. The fourth-order valence-corrected chi connectivity index (χ4v) is 3.90. The lowest BCUT2D eigenvalue weighted by atomic mass is 10.0. The van der Waals surface area contributed by atoms with Gasteiger partial charge < -0.3 is 5.32 Å². The Morgan fingerprint density at radius 1 is 1.16 bits per heavy atom. The molecular formula is C19H21N3O2S. The highest BCUT2D eigenvalue weighted by Crippen LogP contribution is 2.24. The normalized spacial score (nSPS) is 12.4. The molecule has 1 unspecified atom stereocenters. The third-order valence-electron chi connectivity index (χ3n) is 4.32. The van der Waals surface area contributed by atoms with Crippen molar-refractivity contribution in [3.8, 4) is 0 Å². The minimum absolute atomic E-state index is 0.186. The number of nitrogens with one attached hydrogen (secondary N) is 1. The summed E-state index contributed by atoms with van der Waals surface area (Å²) < 4.78 is 1.39. The van der Waals surface area contributed by atoms with Crippen molar-refractivity contribution in [3.63, 3.8) is 0 Å². The maximum absolute atomic E-state index is 12.7. The van der Waals surface area contributed by atoms with Crippen molar-refractivity contribution in [2.75, 3.05) is 5.32 Å². The molecule has 0 aliphatic heterocycles. The SMILES string of the molecule is Cc1cc(C)c(NC(=O)C(C)n2cnc3sc(C)cc3c2=O)c(C)c1. The van der Waals surface area contributed by atoms with Crippen molar-refractivity contribution in [3.05, 3.63) is 56.4 Å². The maximum atomic E-state index is 12.7. The van der Waals surface area contributed by atoms with Crippen LogP contribution in [0.5, 0.6) is 0 Å². The second kappa shape index (κ2) is 6.44. The summed E-state index contributed by atoms with van der Waals surface area (Å²) in [6, 6.07) is 5.23. The quantitative estimate of drug-likeness (QED) is 0.775. The molecule has 3 aromatic rings. The molecule has 2 aromatic heterocycles. The van der Waals surface area contributed by atoms with Crippen LogP contribution < -0.4 is 10.9 Å². The van der Waals surface area contributed by atoms with Gasteiger partial charge in [0.25, 0.3) is 5.56 Å². The van der Waals surface area contributed by atoms with Crippen molar-refractivity contribution in [2.24, 2.45) is 0 Å². The standard InChI is InChI=1S/C19H21N3O2S/c1-10-6-11(2)16(12(3)7-10)21-17(23)14(5)22-9-20-18-15(19(22)24)8-13(4)25-18/h6-9,14H,1-5H3,(H,21,23). The number of nitrogens with zero attached hydrogens (tertiary/aromatic N) is 2. The van der Waals surface area contributed by atoms with Crippen LogP contribution in [0.15, 0.2) is 29.3 Å². The Morgan fingerprint density at radius 2 is 1.80 bits per heavy atom. The molecule has 1 N–H and O–H groups in total. The zero-order valence-electron chi connectivity index (χ0n) is 15.0. The molecule has 0 aliphatic carbocycles. The lowest BCUT2D eigenvalue weighted by Crippen LogP contribution is -2.31. The highest BCUT2D eigenvalue weighted by molar-refractivity contribution is 7.18. The van der Waals surface area contributed by atoms with Gasteiger partial charge in [-0.15, -0.1) is 11.3 Å². The molecule has 1 aromatic carbocycles. The van der Waals surface area contributed by atoms with Crippen LogP contribution in [0.2, 0.25) is 0 Å². The summed E-state index contributed by atoms with van der Waals surface area (Å²) in [5.74, 6) is -0.231. The van der Waals surface area contributed by atoms with E-state index in [0.717, 1.165) is 27.3 Å². The molecule has 0 spiro atoms. The number of aromatic nitrogens is 2. The fourth-order valence-electron chi connectivity index (χ4n) is 3.06. The minimum atomic E-state index is -0.648. The minimum Gasteiger partial charge on any atom is -0.324 e. The van der Waals surface area contributed by atoms with Gasteiger partial charge in [-0.25, -0.2) is 4.98 Å². The van der Waals surface area contributed by atoms with Crippen LogP contribution in [0.25, 0.3) is 10.2 Å². The van der Waals surface area contributed by atoms with E-state index in [9.17, 15) is 9.59 Å². The van der Waals surface area contributed by atoms with E-state index in [-0.39, 0.29) is 11.5 Å². The summed E-state index contributed by atoms with van der Waals surface area (Å²) >= 11 is 1.48. The predicted octanol–water partition coefficient (Wildman–Crippen LogP) is 3.89. The largest absolute Gasteiger partial charge is 0.324 e. The summed E-state index contributed by atoms with van der Waals surface area (Å²) in [6.07, 6.45) is 1.46. The third-order valence-corrected chi connectivity index (χ3v) is 5.28. The van der Waals surface area contributed by atoms with Gasteiger partial charge in [-0.3, -0.25) is 14.2 Å². The van der Waals surface area contributed by atoms with Crippen molar-refractivity contribution in [2.45, 2.75) is 40.7 Å². The second-order valence-electron chi connectivity index (χ2n) is 6.47. The van der Waals surface area contributed by atoms with E-state index in [2.05, 4.69) is 10.3 Å². The van der Waals surface area contributed by atoms with Gasteiger partial charge in [-0.1, -0.05) is 17.7 Å². The molecule has 6 heteroatoms. The van der Waals surface area contributed by atoms with Gasteiger partial charge >= 0.3 is 0 Å². The number of fused-ring (bicyclic) bond motifs is 1. The van der Waals surface area contributed by atoms with Crippen molar-refractivity contribution < 1.29 is 4.79 Å². The molecule has 25 heavy (non-hydrogen) atoms. The van der Waals surface area contributed by atoms with E-state index in [0.29, 0.717) is 10.2 Å². The Morgan fingerprint density at radius 3 is 2.44 bits per heavy atom. The van der Waals surface area contributed by atoms with Crippen molar-refractivity contribution >= 4 is 33.1 Å². The van der Waals surface area contributed by atoms with Crippen molar-refractivity contribution in [1.82, 2.24) is 9.55 Å². The zero-order valence-corrected chi connectivity index (χ0v) is 15.8. The number of benzene rings is 1. The van der Waals surface area contributed by atoms with Gasteiger partial charge in [-0.05, 0) is 51.8 Å². The Labute approximate surface area is 150 Å². The third kappa shape index (κ3) is 3.22. The highest BCUT2D eigenvalue weighted by atomic mass is 32.1. The monoisotopic (exact) mass is 355 g/mol. The number of carbonyl (C=O) groups excluding carboxylic acids is 1. The van der Waals surface area contributed by atoms with Gasteiger partial charge in [0.05, 0.1) is 11.7 Å². The molecule has 0 fully saturated rings. The van der Waals surface area contributed by atoms with Gasteiger partial charge in [0.1, 0.15) is 10.9 Å². The number of amides is 1. The Hall–Kier alpha value is -2.47. The average Bonchev–Trinajstić information content (AvgIpc) is 2.92. The smallest absolute Gasteiger partial charge is 0.262 e. The molecular weight excluding hydrogens is 334 g/mol. The van der Waals surface area contributed by atoms with Gasteiger partial charge in [0.2, 0.25) is 5.91 Å². The predicted molar refractivity (Wildman–Crippen MR) is 103 cm³/mol. The molecule has 1 amide bonds. The highest BCUT2D eigenvalue weighted by Gasteiger charge is 2.19. The molecule has 0 saturated carbocycles. The lowest BCUT2D eigenvalue weighted by Gasteiger charge is -2.17. The fraction of sp³-hybridized carbons (Fsp3) is 0.316.